The molecule has 1 aromatic carbocycles. The zero-order chi connectivity index (χ0) is 16.8. The van der Waals surface area contributed by atoms with Gasteiger partial charge in [0.25, 0.3) is 0 Å². The summed E-state index contributed by atoms with van der Waals surface area (Å²) in [7, 11) is 0. The van der Waals surface area contributed by atoms with Gasteiger partial charge in [-0.2, -0.15) is 0 Å². The van der Waals surface area contributed by atoms with Gasteiger partial charge < -0.3 is 9.80 Å². The number of hydrogen-bond donors (Lipinski definition) is 0. The summed E-state index contributed by atoms with van der Waals surface area (Å²) in [6.07, 6.45) is 4.00. The van der Waals surface area contributed by atoms with E-state index in [2.05, 4.69) is 54.8 Å². The van der Waals surface area contributed by atoms with Crippen LogP contribution in [0.4, 0.5) is 5.69 Å². The molecule has 1 amide bonds. The van der Waals surface area contributed by atoms with Crippen LogP contribution in [-0.4, -0.2) is 36.5 Å². The Kier molecular flexibility index (Phi) is 6.64. The topological polar surface area (TPSA) is 23.6 Å². The van der Waals surface area contributed by atoms with Gasteiger partial charge in [0.15, 0.2) is 0 Å². The second kappa shape index (κ2) is 8.49. The largest absolute Gasteiger partial charge is 0.309 e. The Hall–Kier alpha value is -1.35. The van der Waals surface area contributed by atoms with Gasteiger partial charge in [0.1, 0.15) is 0 Å². The molecule has 3 heteroatoms. The lowest BCUT2D eigenvalue weighted by Crippen LogP contribution is -2.47. The molecule has 23 heavy (non-hydrogen) atoms. The highest BCUT2D eigenvalue weighted by molar-refractivity contribution is 5.93. The van der Waals surface area contributed by atoms with Crippen molar-refractivity contribution in [2.24, 2.45) is 5.92 Å². The number of likely N-dealkylation sites (tertiary alicyclic amines) is 1. The van der Waals surface area contributed by atoms with E-state index in [4.69, 9.17) is 0 Å². The second-order valence-corrected chi connectivity index (χ2v) is 7.21. The van der Waals surface area contributed by atoms with Crippen molar-refractivity contribution < 1.29 is 4.79 Å². The maximum absolute atomic E-state index is 12.5. The van der Waals surface area contributed by atoms with Crippen molar-refractivity contribution in [3.8, 4) is 0 Å². The fourth-order valence-corrected chi connectivity index (χ4v) is 3.28. The Balaban J connectivity index is 2.01. The fraction of sp³-hybridized carbons (Fsp3) is 0.650. The van der Waals surface area contributed by atoms with Crippen LogP contribution in [0, 0.1) is 12.8 Å². The zero-order valence-corrected chi connectivity index (χ0v) is 15.2. The van der Waals surface area contributed by atoms with E-state index in [0.717, 1.165) is 37.5 Å². The first-order chi connectivity index (χ1) is 11.0. The first-order valence-corrected chi connectivity index (χ1v) is 9.12. The van der Waals surface area contributed by atoms with Crippen molar-refractivity contribution >= 4 is 11.6 Å². The van der Waals surface area contributed by atoms with Gasteiger partial charge in [0.05, 0.1) is 0 Å². The third kappa shape index (κ3) is 5.07. The van der Waals surface area contributed by atoms with E-state index >= 15 is 0 Å². The van der Waals surface area contributed by atoms with E-state index in [-0.39, 0.29) is 5.91 Å². The van der Waals surface area contributed by atoms with Gasteiger partial charge in [-0.1, -0.05) is 38.5 Å². The minimum Gasteiger partial charge on any atom is -0.309 e. The Morgan fingerprint density at radius 3 is 2.35 bits per heavy atom. The summed E-state index contributed by atoms with van der Waals surface area (Å²) in [6.45, 7) is 12.0. The lowest BCUT2D eigenvalue weighted by atomic mass is 10.0. The minimum atomic E-state index is 0.245. The molecule has 0 aliphatic carbocycles. The summed E-state index contributed by atoms with van der Waals surface area (Å²) < 4.78 is 0. The van der Waals surface area contributed by atoms with Gasteiger partial charge in [-0.15, -0.1) is 0 Å². The van der Waals surface area contributed by atoms with Gasteiger partial charge in [-0.3, -0.25) is 4.79 Å². The van der Waals surface area contributed by atoms with Crippen molar-refractivity contribution in [1.82, 2.24) is 4.90 Å². The van der Waals surface area contributed by atoms with Crippen LogP contribution in [0.1, 0.15) is 52.0 Å². The molecule has 0 bridgehead atoms. The average Bonchev–Trinajstić information content (AvgIpc) is 2.55. The molecule has 1 fully saturated rings. The van der Waals surface area contributed by atoms with E-state index in [1.807, 2.05) is 6.92 Å². The van der Waals surface area contributed by atoms with Crippen LogP contribution in [0.2, 0.25) is 0 Å². The Labute approximate surface area is 141 Å². The number of rotatable bonds is 6. The van der Waals surface area contributed by atoms with Gasteiger partial charge in [-0.05, 0) is 50.8 Å². The predicted octanol–water partition coefficient (Wildman–Crippen LogP) is 4.25. The van der Waals surface area contributed by atoms with Crippen molar-refractivity contribution in [3.63, 3.8) is 0 Å². The van der Waals surface area contributed by atoms with Crippen molar-refractivity contribution in [3.05, 3.63) is 29.8 Å². The highest BCUT2D eigenvalue weighted by Gasteiger charge is 2.28. The standard InChI is InChI=1S/C20H32N2O/c1-5-20(23)22(18-8-6-17(4)7-9-18)19-11-14-21(15-12-19)13-10-16(2)3/h6-9,16,19H,5,10-15H2,1-4H3. The van der Waals surface area contributed by atoms with Crippen LogP contribution >= 0.6 is 0 Å². The van der Waals surface area contributed by atoms with Crippen molar-refractivity contribution in [1.29, 1.82) is 0 Å². The number of nitrogens with zero attached hydrogens (tertiary/aromatic N) is 2. The number of aryl methyl sites for hydroxylation is 1. The summed E-state index contributed by atoms with van der Waals surface area (Å²) in [5.41, 5.74) is 2.30. The van der Waals surface area contributed by atoms with Gasteiger partial charge in [0, 0.05) is 31.2 Å². The molecule has 1 aliphatic rings. The Morgan fingerprint density at radius 1 is 1.22 bits per heavy atom. The molecule has 0 radical (unpaired) electrons. The molecule has 2 rings (SSSR count). The van der Waals surface area contributed by atoms with Gasteiger partial charge >= 0.3 is 0 Å². The second-order valence-electron chi connectivity index (χ2n) is 7.21. The molecule has 3 nitrogen and oxygen atoms in total. The lowest BCUT2D eigenvalue weighted by Gasteiger charge is -2.38. The number of amides is 1. The molecule has 0 aromatic heterocycles. The normalized spacial score (nSPS) is 16.7. The van der Waals surface area contributed by atoms with E-state index in [1.54, 1.807) is 0 Å². The van der Waals surface area contributed by atoms with Gasteiger partial charge in [0.2, 0.25) is 5.91 Å². The minimum absolute atomic E-state index is 0.245. The molecule has 1 aromatic rings. The van der Waals surface area contributed by atoms with E-state index in [0.29, 0.717) is 12.5 Å². The molecule has 0 atom stereocenters. The number of carbonyl (C=O) groups excluding carboxylic acids is 1. The molecule has 0 spiro atoms. The molecule has 0 unspecified atom stereocenters. The smallest absolute Gasteiger partial charge is 0.226 e. The lowest BCUT2D eigenvalue weighted by molar-refractivity contribution is -0.119. The Morgan fingerprint density at radius 2 is 1.83 bits per heavy atom. The third-order valence-corrected chi connectivity index (χ3v) is 4.83. The van der Waals surface area contributed by atoms with Gasteiger partial charge in [-0.25, -0.2) is 0 Å². The summed E-state index contributed by atoms with van der Waals surface area (Å²) in [6, 6.07) is 8.73. The van der Waals surface area contributed by atoms with Crippen LogP contribution in [0.15, 0.2) is 24.3 Å². The molecule has 0 N–H and O–H groups in total. The fourth-order valence-electron chi connectivity index (χ4n) is 3.28. The van der Waals surface area contributed by atoms with Crippen LogP contribution in [0.5, 0.6) is 0 Å². The monoisotopic (exact) mass is 316 g/mol. The molecular weight excluding hydrogens is 284 g/mol. The van der Waals surface area contributed by atoms with Crippen LogP contribution < -0.4 is 4.90 Å². The molecule has 1 aliphatic heterocycles. The summed E-state index contributed by atoms with van der Waals surface area (Å²) in [5, 5.41) is 0. The molecule has 0 saturated carbocycles. The number of hydrogen-bond acceptors (Lipinski definition) is 2. The first kappa shape index (κ1) is 18.0. The molecular formula is C20H32N2O. The first-order valence-electron chi connectivity index (χ1n) is 9.12. The maximum atomic E-state index is 12.5. The third-order valence-electron chi connectivity index (χ3n) is 4.83. The zero-order valence-electron chi connectivity index (χ0n) is 15.2. The summed E-state index contributed by atoms with van der Waals surface area (Å²) >= 11 is 0. The summed E-state index contributed by atoms with van der Waals surface area (Å²) in [5.74, 6) is 1.01. The van der Waals surface area contributed by atoms with E-state index < -0.39 is 0 Å². The van der Waals surface area contributed by atoms with Crippen molar-refractivity contribution in [2.45, 2.75) is 59.4 Å². The van der Waals surface area contributed by atoms with Crippen molar-refractivity contribution in [2.75, 3.05) is 24.5 Å². The number of carbonyl (C=O) groups is 1. The number of benzene rings is 1. The summed E-state index contributed by atoms with van der Waals surface area (Å²) in [4.78, 5) is 17.1. The predicted molar refractivity (Wildman–Crippen MR) is 97.9 cm³/mol. The van der Waals surface area contributed by atoms with E-state index in [1.165, 1.54) is 18.5 Å². The van der Waals surface area contributed by atoms with E-state index in [9.17, 15) is 4.79 Å². The number of anilines is 1. The molecule has 128 valence electrons. The molecule has 1 heterocycles. The van der Waals surface area contributed by atoms with Crippen LogP contribution in [0.25, 0.3) is 0 Å². The highest BCUT2D eigenvalue weighted by atomic mass is 16.2. The molecule has 1 saturated heterocycles. The quantitative estimate of drug-likeness (QED) is 0.783. The highest BCUT2D eigenvalue weighted by Crippen LogP contribution is 2.25. The maximum Gasteiger partial charge on any atom is 0.226 e. The number of piperidine rings is 1. The van der Waals surface area contributed by atoms with Crippen LogP contribution in [-0.2, 0) is 4.79 Å². The Bertz CT molecular complexity index is 487. The SMILES string of the molecule is CCC(=O)N(c1ccc(C)cc1)C1CCN(CCC(C)C)CC1. The average molecular weight is 316 g/mol. The van der Waals surface area contributed by atoms with Crippen LogP contribution in [0.3, 0.4) is 0 Å².